The van der Waals surface area contributed by atoms with E-state index in [1.165, 1.54) is 13.4 Å². The average Bonchev–Trinajstić information content (AvgIpc) is 2.95. The van der Waals surface area contributed by atoms with Crippen LogP contribution in [0.1, 0.15) is 16.2 Å². The van der Waals surface area contributed by atoms with E-state index < -0.39 is 5.97 Å². The monoisotopic (exact) mass is 235 g/mol. The molecule has 0 unspecified atom stereocenters. The first-order valence-electron chi connectivity index (χ1n) is 5.13. The van der Waals surface area contributed by atoms with Crippen molar-refractivity contribution in [2.45, 2.75) is 13.0 Å². The lowest BCUT2D eigenvalue weighted by Crippen LogP contribution is -2.09. The highest BCUT2D eigenvalue weighted by Gasteiger charge is 2.15. The van der Waals surface area contributed by atoms with Crippen molar-refractivity contribution < 1.29 is 13.9 Å². The summed E-state index contributed by atoms with van der Waals surface area (Å²) in [5.41, 5.74) is 5.93. The van der Waals surface area contributed by atoms with Crippen molar-refractivity contribution in [3.05, 3.63) is 36.2 Å². The van der Waals surface area contributed by atoms with Crippen LogP contribution in [0, 0.1) is 0 Å². The van der Waals surface area contributed by atoms with Crippen LogP contribution in [0.4, 0.5) is 5.82 Å². The molecule has 2 N–H and O–H groups in total. The third-order valence-electron chi connectivity index (χ3n) is 2.44. The number of ether oxygens (including phenoxy) is 1. The number of nitrogens with two attached hydrogens (primary N) is 1. The standard InChI is InChI=1S/C11H13N3O3/c1-16-11(15)9-10(12)14(7-13-9)5-4-8-3-2-6-17-8/h2-3,6-7H,4-5,12H2,1H3. The van der Waals surface area contributed by atoms with Crippen LogP contribution in [-0.2, 0) is 17.7 Å². The highest BCUT2D eigenvalue weighted by Crippen LogP contribution is 2.12. The number of aromatic nitrogens is 2. The summed E-state index contributed by atoms with van der Waals surface area (Å²) in [6.07, 6.45) is 3.82. The minimum Gasteiger partial charge on any atom is -0.469 e. The third-order valence-corrected chi connectivity index (χ3v) is 2.44. The summed E-state index contributed by atoms with van der Waals surface area (Å²) in [5.74, 6) is 0.639. The maximum atomic E-state index is 11.3. The molecule has 90 valence electrons. The largest absolute Gasteiger partial charge is 0.469 e. The van der Waals surface area contributed by atoms with Gasteiger partial charge in [0.15, 0.2) is 5.69 Å². The first-order chi connectivity index (χ1) is 8.22. The Morgan fingerprint density at radius 3 is 3.12 bits per heavy atom. The molecule has 0 amide bonds. The van der Waals surface area contributed by atoms with E-state index in [4.69, 9.17) is 10.2 Å². The molecule has 0 radical (unpaired) electrons. The molecule has 2 aromatic heterocycles. The SMILES string of the molecule is COC(=O)c1ncn(CCc2ccco2)c1N. The molecule has 6 nitrogen and oxygen atoms in total. The zero-order chi connectivity index (χ0) is 12.3. The number of imidazole rings is 1. The van der Waals surface area contributed by atoms with Gasteiger partial charge in [-0.2, -0.15) is 0 Å². The Hall–Kier alpha value is -2.24. The normalized spacial score (nSPS) is 10.4. The van der Waals surface area contributed by atoms with Crippen LogP contribution in [0.3, 0.4) is 0 Å². The van der Waals surface area contributed by atoms with Crippen molar-refractivity contribution in [3.8, 4) is 0 Å². The van der Waals surface area contributed by atoms with Crippen molar-refractivity contribution in [1.29, 1.82) is 0 Å². The van der Waals surface area contributed by atoms with Crippen molar-refractivity contribution in [3.63, 3.8) is 0 Å². The number of anilines is 1. The second-order valence-corrected chi connectivity index (χ2v) is 3.49. The van der Waals surface area contributed by atoms with Gasteiger partial charge in [-0.1, -0.05) is 0 Å². The number of carbonyl (C=O) groups excluding carboxylic acids is 1. The number of methoxy groups -OCH3 is 1. The van der Waals surface area contributed by atoms with E-state index >= 15 is 0 Å². The van der Waals surface area contributed by atoms with Gasteiger partial charge in [-0.15, -0.1) is 0 Å². The first kappa shape index (κ1) is 11.3. The molecule has 2 aromatic rings. The minimum atomic E-state index is -0.528. The molecule has 0 saturated carbocycles. The lowest BCUT2D eigenvalue weighted by Gasteiger charge is -2.03. The summed E-state index contributed by atoms with van der Waals surface area (Å²) < 4.78 is 11.5. The smallest absolute Gasteiger partial charge is 0.360 e. The Balaban J connectivity index is 2.07. The first-order valence-corrected chi connectivity index (χ1v) is 5.13. The minimum absolute atomic E-state index is 0.145. The van der Waals surface area contributed by atoms with E-state index in [9.17, 15) is 4.79 Å². The van der Waals surface area contributed by atoms with Gasteiger partial charge in [0.25, 0.3) is 0 Å². The highest BCUT2D eigenvalue weighted by atomic mass is 16.5. The van der Waals surface area contributed by atoms with E-state index in [0.29, 0.717) is 18.8 Å². The number of nitrogens with zero attached hydrogens (tertiary/aromatic N) is 2. The van der Waals surface area contributed by atoms with Crippen LogP contribution in [0.15, 0.2) is 29.1 Å². The molecule has 2 heterocycles. The summed E-state index contributed by atoms with van der Waals surface area (Å²) in [4.78, 5) is 15.2. The summed E-state index contributed by atoms with van der Waals surface area (Å²) in [6.45, 7) is 0.601. The van der Waals surface area contributed by atoms with Gasteiger partial charge in [0.2, 0.25) is 0 Å². The van der Waals surface area contributed by atoms with E-state index in [1.54, 1.807) is 10.8 Å². The van der Waals surface area contributed by atoms with Gasteiger partial charge in [0, 0.05) is 13.0 Å². The van der Waals surface area contributed by atoms with Gasteiger partial charge in [-0.3, -0.25) is 0 Å². The van der Waals surface area contributed by atoms with Crippen molar-refractivity contribution >= 4 is 11.8 Å². The van der Waals surface area contributed by atoms with Crippen LogP contribution >= 0.6 is 0 Å². The fourth-order valence-electron chi connectivity index (χ4n) is 1.51. The lowest BCUT2D eigenvalue weighted by molar-refractivity contribution is 0.0596. The Morgan fingerprint density at radius 1 is 1.65 bits per heavy atom. The average molecular weight is 235 g/mol. The van der Waals surface area contributed by atoms with Gasteiger partial charge < -0.3 is 19.5 Å². The van der Waals surface area contributed by atoms with Gasteiger partial charge in [0.1, 0.15) is 11.6 Å². The molecular weight excluding hydrogens is 222 g/mol. The highest BCUT2D eigenvalue weighted by molar-refractivity contribution is 5.91. The third kappa shape index (κ3) is 2.30. The maximum Gasteiger partial charge on any atom is 0.360 e. The molecule has 0 fully saturated rings. The molecule has 0 aliphatic rings. The fraction of sp³-hybridized carbons (Fsp3) is 0.273. The number of aryl methyl sites for hydroxylation is 2. The van der Waals surface area contributed by atoms with Gasteiger partial charge >= 0.3 is 5.97 Å². The van der Waals surface area contributed by atoms with Crippen LogP contribution in [-0.4, -0.2) is 22.6 Å². The molecule has 0 saturated heterocycles. The van der Waals surface area contributed by atoms with Crippen LogP contribution < -0.4 is 5.73 Å². The molecule has 0 atom stereocenters. The van der Waals surface area contributed by atoms with E-state index in [-0.39, 0.29) is 5.69 Å². The summed E-state index contributed by atoms with van der Waals surface area (Å²) in [7, 11) is 1.30. The van der Waals surface area contributed by atoms with Gasteiger partial charge in [-0.25, -0.2) is 9.78 Å². The quantitative estimate of drug-likeness (QED) is 0.802. The Morgan fingerprint density at radius 2 is 2.47 bits per heavy atom. The van der Waals surface area contributed by atoms with E-state index in [1.807, 2.05) is 12.1 Å². The Kier molecular flexibility index (Phi) is 3.13. The number of nitrogen functional groups attached to an aromatic ring is 1. The predicted molar refractivity (Wildman–Crippen MR) is 60.4 cm³/mol. The Bertz CT molecular complexity index is 502. The molecule has 0 aliphatic carbocycles. The van der Waals surface area contributed by atoms with E-state index in [2.05, 4.69) is 9.72 Å². The molecule has 0 aliphatic heterocycles. The second kappa shape index (κ2) is 4.73. The number of hydrogen-bond acceptors (Lipinski definition) is 5. The van der Waals surface area contributed by atoms with Crippen LogP contribution in [0.5, 0.6) is 0 Å². The zero-order valence-electron chi connectivity index (χ0n) is 9.42. The second-order valence-electron chi connectivity index (χ2n) is 3.49. The van der Waals surface area contributed by atoms with Crippen LogP contribution in [0.25, 0.3) is 0 Å². The number of furan rings is 1. The molecule has 0 spiro atoms. The number of esters is 1. The van der Waals surface area contributed by atoms with E-state index in [0.717, 1.165) is 5.76 Å². The number of hydrogen-bond donors (Lipinski definition) is 1. The molecular formula is C11H13N3O3. The summed E-state index contributed by atoms with van der Waals surface area (Å²) in [6, 6.07) is 3.71. The molecule has 6 heteroatoms. The lowest BCUT2D eigenvalue weighted by atomic mass is 10.3. The summed E-state index contributed by atoms with van der Waals surface area (Å²) in [5, 5.41) is 0. The number of carbonyl (C=O) groups is 1. The van der Waals surface area contributed by atoms with Crippen molar-refractivity contribution in [2.24, 2.45) is 0 Å². The molecule has 0 bridgehead atoms. The Labute approximate surface area is 98.0 Å². The van der Waals surface area contributed by atoms with Crippen molar-refractivity contribution in [1.82, 2.24) is 9.55 Å². The van der Waals surface area contributed by atoms with Gasteiger partial charge in [0.05, 0.1) is 19.7 Å². The number of rotatable bonds is 4. The molecule has 0 aromatic carbocycles. The van der Waals surface area contributed by atoms with Gasteiger partial charge in [-0.05, 0) is 12.1 Å². The molecule has 17 heavy (non-hydrogen) atoms. The zero-order valence-corrected chi connectivity index (χ0v) is 9.42. The van der Waals surface area contributed by atoms with Crippen LogP contribution in [0.2, 0.25) is 0 Å². The van der Waals surface area contributed by atoms with Crippen molar-refractivity contribution in [2.75, 3.05) is 12.8 Å². The fourth-order valence-corrected chi connectivity index (χ4v) is 1.51. The summed E-state index contributed by atoms with van der Waals surface area (Å²) >= 11 is 0. The maximum absolute atomic E-state index is 11.3. The topological polar surface area (TPSA) is 83.3 Å². The molecule has 2 rings (SSSR count). The predicted octanol–water partition coefficient (Wildman–Crippen LogP) is 1.09.